The summed E-state index contributed by atoms with van der Waals surface area (Å²) in [5.41, 5.74) is 4.16. The fraction of sp³-hybridized carbons (Fsp3) is 0.227. The molecule has 150 valence electrons. The SMILES string of the molecule is CCNC(=NCc1ccc(C#N)cc1)NCc1ccccc1Cn1cccn1.I. The van der Waals surface area contributed by atoms with Gasteiger partial charge in [-0.25, -0.2) is 4.99 Å². The maximum atomic E-state index is 8.89. The Kier molecular flexibility index (Phi) is 9.18. The second-order valence-corrected chi connectivity index (χ2v) is 6.33. The Morgan fingerprint density at radius 1 is 1.07 bits per heavy atom. The number of nitrogens with one attached hydrogen (secondary N) is 2. The summed E-state index contributed by atoms with van der Waals surface area (Å²) in [6.45, 7) is 4.80. The summed E-state index contributed by atoms with van der Waals surface area (Å²) >= 11 is 0. The molecular weight excluding hydrogens is 475 g/mol. The topological polar surface area (TPSA) is 78.0 Å². The molecule has 2 N–H and O–H groups in total. The fourth-order valence-electron chi connectivity index (χ4n) is 2.83. The molecule has 0 spiro atoms. The van der Waals surface area contributed by atoms with Crippen molar-refractivity contribution in [3.8, 4) is 6.07 Å². The van der Waals surface area contributed by atoms with E-state index < -0.39 is 0 Å². The molecule has 2 aromatic carbocycles. The van der Waals surface area contributed by atoms with Crippen molar-refractivity contribution in [3.63, 3.8) is 0 Å². The van der Waals surface area contributed by atoms with Gasteiger partial charge in [-0.1, -0.05) is 36.4 Å². The first-order chi connectivity index (χ1) is 13.8. The fourth-order valence-corrected chi connectivity index (χ4v) is 2.83. The average molecular weight is 500 g/mol. The second-order valence-electron chi connectivity index (χ2n) is 6.33. The average Bonchev–Trinajstić information content (AvgIpc) is 3.24. The number of nitriles is 1. The minimum absolute atomic E-state index is 0. The summed E-state index contributed by atoms with van der Waals surface area (Å²) in [6, 6.07) is 19.9. The van der Waals surface area contributed by atoms with E-state index in [1.807, 2.05) is 60.3 Å². The van der Waals surface area contributed by atoms with Gasteiger partial charge in [-0.05, 0) is 41.8 Å². The van der Waals surface area contributed by atoms with Gasteiger partial charge in [-0.15, -0.1) is 24.0 Å². The van der Waals surface area contributed by atoms with Crippen LogP contribution in [0.4, 0.5) is 0 Å². The molecule has 0 amide bonds. The Bertz CT molecular complexity index is 942. The van der Waals surface area contributed by atoms with Crippen LogP contribution in [0.1, 0.15) is 29.2 Å². The first kappa shape index (κ1) is 22.4. The van der Waals surface area contributed by atoms with Crippen molar-refractivity contribution in [3.05, 3.63) is 89.2 Å². The first-order valence-electron chi connectivity index (χ1n) is 9.34. The Balaban J connectivity index is 0.00000300. The Morgan fingerprint density at radius 3 is 2.48 bits per heavy atom. The molecule has 3 aromatic rings. The number of guanidine groups is 1. The van der Waals surface area contributed by atoms with Gasteiger partial charge in [0.15, 0.2) is 5.96 Å². The molecule has 0 radical (unpaired) electrons. The Hall–Kier alpha value is -2.86. The van der Waals surface area contributed by atoms with E-state index in [9.17, 15) is 0 Å². The predicted octanol–water partition coefficient (Wildman–Crippen LogP) is 3.68. The Morgan fingerprint density at radius 2 is 1.83 bits per heavy atom. The lowest BCUT2D eigenvalue weighted by Gasteiger charge is -2.14. The molecule has 7 heteroatoms. The van der Waals surface area contributed by atoms with E-state index in [0.29, 0.717) is 18.7 Å². The van der Waals surface area contributed by atoms with Crippen molar-refractivity contribution < 1.29 is 0 Å². The molecule has 1 aromatic heterocycles. The summed E-state index contributed by atoms with van der Waals surface area (Å²) in [6.07, 6.45) is 3.76. The summed E-state index contributed by atoms with van der Waals surface area (Å²) < 4.78 is 1.92. The molecule has 0 aliphatic carbocycles. The van der Waals surface area contributed by atoms with Crippen molar-refractivity contribution in [1.29, 1.82) is 5.26 Å². The third-order valence-electron chi connectivity index (χ3n) is 4.30. The summed E-state index contributed by atoms with van der Waals surface area (Å²) in [4.78, 5) is 4.65. The highest BCUT2D eigenvalue weighted by Crippen LogP contribution is 2.10. The van der Waals surface area contributed by atoms with Gasteiger partial charge in [0.1, 0.15) is 0 Å². The van der Waals surface area contributed by atoms with Gasteiger partial charge in [0.05, 0.1) is 24.7 Å². The van der Waals surface area contributed by atoms with Crippen LogP contribution in [0.25, 0.3) is 0 Å². The first-order valence-corrected chi connectivity index (χ1v) is 9.34. The second kappa shape index (κ2) is 11.9. The summed E-state index contributed by atoms with van der Waals surface area (Å²) in [5.74, 6) is 0.765. The summed E-state index contributed by atoms with van der Waals surface area (Å²) in [5, 5.41) is 19.9. The van der Waals surface area contributed by atoms with Crippen LogP contribution in [0.15, 0.2) is 72.0 Å². The number of hydrogen-bond acceptors (Lipinski definition) is 3. The zero-order chi connectivity index (χ0) is 19.6. The normalized spacial score (nSPS) is 10.7. The third kappa shape index (κ3) is 6.91. The van der Waals surface area contributed by atoms with Gasteiger partial charge in [-0.2, -0.15) is 10.4 Å². The molecule has 0 saturated heterocycles. The largest absolute Gasteiger partial charge is 0.357 e. The van der Waals surface area contributed by atoms with Gasteiger partial charge in [0, 0.05) is 25.5 Å². The number of halogens is 1. The van der Waals surface area contributed by atoms with E-state index in [1.54, 1.807) is 6.20 Å². The van der Waals surface area contributed by atoms with Crippen molar-refractivity contribution >= 4 is 29.9 Å². The number of hydrogen-bond donors (Lipinski definition) is 2. The van der Waals surface area contributed by atoms with E-state index in [1.165, 1.54) is 11.1 Å². The van der Waals surface area contributed by atoms with Gasteiger partial charge in [0.25, 0.3) is 0 Å². The lowest BCUT2D eigenvalue weighted by molar-refractivity contribution is 0.677. The zero-order valence-electron chi connectivity index (χ0n) is 16.4. The van der Waals surface area contributed by atoms with Crippen LogP contribution in [0, 0.1) is 11.3 Å². The molecule has 0 saturated carbocycles. The summed E-state index contributed by atoms with van der Waals surface area (Å²) in [7, 11) is 0. The molecule has 0 aliphatic rings. The van der Waals surface area contributed by atoms with E-state index >= 15 is 0 Å². The molecule has 0 aliphatic heterocycles. The van der Waals surface area contributed by atoms with E-state index in [4.69, 9.17) is 5.26 Å². The van der Waals surface area contributed by atoms with E-state index in [2.05, 4.69) is 38.9 Å². The van der Waals surface area contributed by atoms with Crippen LogP contribution >= 0.6 is 24.0 Å². The number of aliphatic imine (C=N–C) groups is 1. The maximum absolute atomic E-state index is 8.89. The minimum atomic E-state index is 0. The molecular formula is C22H25IN6. The highest BCUT2D eigenvalue weighted by molar-refractivity contribution is 14.0. The molecule has 1 heterocycles. The maximum Gasteiger partial charge on any atom is 0.191 e. The minimum Gasteiger partial charge on any atom is -0.357 e. The standard InChI is InChI=1S/C22H24N6.HI/c1-2-24-22(25-15-19-10-8-18(14-23)9-11-19)26-16-20-6-3-4-7-21(20)17-28-13-5-12-27-28;/h3-13H,2,15-17H2,1H3,(H2,24,25,26);1H. The van der Waals surface area contributed by atoms with Crippen LogP contribution in [-0.4, -0.2) is 22.3 Å². The van der Waals surface area contributed by atoms with Crippen molar-refractivity contribution in [2.75, 3.05) is 6.54 Å². The number of nitrogens with zero attached hydrogens (tertiary/aromatic N) is 4. The molecule has 0 unspecified atom stereocenters. The van der Waals surface area contributed by atoms with E-state index in [-0.39, 0.29) is 24.0 Å². The molecule has 0 bridgehead atoms. The van der Waals surface area contributed by atoms with Crippen LogP contribution in [-0.2, 0) is 19.6 Å². The number of benzene rings is 2. The molecule has 0 fully saturated rings. The van der Waals surface area contributed by atoms with Gasteiger partial charge < -0.3 is 10.6 Å². The third-order valence-corrected chi connectivity index (χ3v) is 4.30. The van der Waals surface area contributed by atoms with Crippen LogP contribution in [0.2, 0.25) is 0 Å². The molecule has 0 atom stereocenters. The van der Waals surface area contributed by atoms with Gasteiger partial charge >= 0.3 is 0 Å². The predicted molar refractivity (Wildman–Crippen MR) is 126 cm³/mol. The van der Waals surface area contributed by atoms with Gasteiger partial charge in [0.2, 0.25) is 0 Å². The highest BCUT2D eigenvalue weighted by Gasteiger charge is 2.05. The van der Waals surface area contributed by atoms with Crippen molar-refractivity contribution in [1.82, 2.24) is 20.4 Å². The quantitative estimate of drug-likeness (QED) is 0.295. The lowest BCUT2D eigenvalue weighted by atomic mass is 10.1. The van der Waals surface area contributed by atoms with Crippen LogP contribution in [0.3, 0.4) is 0 Å². The number of aromatic nitrogens is 2. The van der Waals surface area contributed by atoms with Gasteiger partial charge in [-0.3, -0.25) is 4.68 Å². The van der Waals surface area contributed by atoms with E-state index in [0.717, 1.165) is 24.6 Å². The van der Waals surface area contributed by atoms with Crippen molar-refractivity contribution in [2.24, 2.45) is 4.99 Å². The van der Waals surface area contributed by atoms with Crippen molar-refractivity contribution in [2.45, 2.75) is 26.6 Å². The monoisotopic (exact) mass is 500 g/mol. The molecule has 3 rings (SSSR count). The smallest absolute Gasteiger partial charge is 0.191 e. The highest BCUT2D eigenvalue weighted by atomic mass is 127. The molecule has 29 heavy (non-hydrogen) atoms. The van der Waals surface area contributed by atoms with Crippen LogP contribution < -0.4 is 10.6 Å². The Labute approximate surface area is 188 Å². The molecule has 6 nitrogen and oxygen atoms in total. The lowest BCUT2D eigenvalue weighted by Crippen LogP contribution is -2.37. The number of rotatable bonds is 7. The van der Waals surface area contributed by atoms with Crippen LogP contribution in [0.5, 0.6) is 0 Å². The zero-order valence-corrected chi connectivity index (χ0v) is 18.7.